The highest BCUT2D eigenvalue weighted by molar-refractivity contribution is 9.10. The first kappa shape index (κ1) is 15.6. The van der Waals surface area contributed by atoms with Gasteiger partial charge in [-0.15, -0.1) is 0 Å². The van der Waals surface area contributed by atoms with Gasteiger partial charge in [-0.2, -0.15) is 0 Å². The van der Waals surface area contributed by atoms with E-state index in [9.17, 15) is 8.42 Å². The lowest BCUT2D eigenvalue weighted by Crippen LogP contribution is -2.48. The second kappa shape index (κ2) is 6.14. The van der Waals surface area contributed by atoms with Crippen LogP contribution in [-0.2, 0) is 10.0 Å². The first-order chi connectivity index (χ1) is 7.83. The quantitative estimate of drug-likeness (QED) is 0.701. The number of sulfonamides is 1. The largest absolute Gasteiger partial charge is 0.241 e. The van der Waals surface area contributed by atoms with Crippen molar-refractivity contribution in [3.63, 3.8) is 0 Å². The molecule has 1 N–H and O–H groups in total. The third-order valence-electron chi connectivity index (χ3n) is 2.08. The molecule has 17 heavy (non-hydrogen) atoms. The molecule has 0 unspecified atom stereocenters. The topological polar surface area (TPSA) is 46.2 Å². The van der Waals surface area contributed by atoms with Gasteiger partial charge in [-0.3, -0.25) is 0 Å². The molecule has 0 fully saturated rings. The molecule has 0 saturated carbocycles. The average Bonchev–Trinajstić information content (AvgIpc) is 2.28. The summed E-state index contributed by atoms with van der Waals surface area (Å²) >= 11 is 9.87. The lowest BCUT2D eigenvalue weighted by Gasteiger charge is -2.26. The molecule has 0 aromatic heterocycles. The molecule has 0 spiro atoms. The molecule has 0 radical (unpaired) electrons. The highest BCUT2D eigenvalue weighted by Crippen LogP contribution is 2.20. The van der Waals surface area contributed by atoms with Crippen molar-refractivity contribution in [2.75, 3.05) is 10.7 Å². The molecule has 1 aromatic rings. The van der Waals surface area contributed by atoms with E-state index in [2.05, 4.69) is 52.5 Å². The van der Waals surface area contributed by atoms with Crippen LogP contribution in [0.25, 0.3) is 0 Å². The molecule has 1 rings (SSSR count). The Balaban J connectivity index is 3.05. The van der Waals surface area contributed by atoms with Gasteiger partial charge in [0, 0.05) is 20.7 Å². The van der Waals surface area contributed by atoms with E-state index in [1.165, 1.54) is 0 Å². The zero-order chi connectivity index (χ0) is 13.1. The summed E-state index contributed by atoms with van der Waals surface area (Å²) in [5, 5.41) is 1.05. The van der Waals surface area contributed by atoms with Gasteiger partial charge < -0.3 is 0 Å². The summed E-state index contributed by atoms with van der Waals surface area (Å²) in [5.74, 6) is 0. The van der Waals surface area contributed by atoms with Gasteiger partial charge in [0.25, 0.3) is 0 Å². The minimum atomic E-state index is -3.50. The summed E-state index contributed by atoms with van der Waals surface area (Å²) in [6, 6.07) is 6.62. The van der Waals surface area contributed by atoms with Crippen LogP contribution >= 0.6 is 47.8 Å². The second-order valence-electron chi connectivity index (χ2n) is 3.89. The van der Waals surface area contributed by atoms with Gasteiger partial charge in [-0.1, -0.05) is 53.9 Å². The van der Waals surface area contributed by atoms with Crippen molar-refractivity contribution >= 4 is 57.8 Å². The van der Waals surface area contributed by atoms with Crippen LogP contribution in [0.5, 0.6) is 0 Å². The summed E-state index contributed by atoms with van der Waals surface area (Å²) < 4.78 is 27.7. The molecule has 0 saturated heterocycles. The van der Waals surface area contributed by atoms with Crippen LogP contribution in [0.1, 0.15) is 6.92 Å². The van der Waals surface area contributed by atoms with E-state index < -0.39 is 15.6 Å². The fourth-order valence-electron chi connectivity index (χ4n) is 1.11. The van der Waals surface area contributed by atoms with E-state index in [0.29, 0.717) is 10.7 Å². The zero-order valence-electron chi connectivity index (χ0n) is 9.08. The Bertz CT molecular complexity index is 486. The van der Waals surface area contributed by atoms with Gasteiger partial charge in [0.1, 0.15) is 0 Å². The molecular weight excluding hydrogens is 438 g/mol. The maximum Gasteiger partial charge on any atom is 0.241 e. The molecule has 0 amide bonds. The first-order valence-electron chi connectivity index (χ1n) is 4.74. The maximum absolute atomic E-state index is 12.1. The molecule has 0 atom stereocenters. The number of benzene rings is 1. The van der Waals surface area contributed by atoms with Crippen LogP contribution < -0.4 is 4.72 Å². The third-order valence-corrected chi connectivity index (χ3v) is 6.68. The Morgan fingerprint density at radius 1 is 1.29 bits per heavy atom. The van der Waals surface area contributed by atoms with Crippen LogP contribution in [-0.4, -0.2) is 24.6 Å². The molecule has 0 bridgehead atoms. The van der Waals surface area contributed by atoms with Crippen LogP contribution in [0.3, 0.4) is 0 Å². The molecule has 96 valence electrons. The Hall–Kier alpha value is 0.570. The summed E-state index contributed by atoms with van der Waals surface area (Å²) in [6.45, 7) is 1.83. The fourth-order valence-corrected chi connectivity index (χ4v) is 4.69. The lowest BCUT2D eigenvalue weighted by molar-refractivity contribution is 0.509. The second-order valence-corrected chi connectivity index (χ2v) is 7.61. The SMILES string of the molecule is CC(CBr)(CBr)NS(=O)(=O)c1cccc(Br)c1. The number of halogens is 3. The van der Waals surface area contributed by atoms with E-state index in [0.717, 1.165) is 4.47 Å². The van der Waals surface area contributed by atoms with Crippen molar-refractivity contribution in [2.45, 2.75) is 17.4 Å². The third kappa shape index (κ3) is 4.31. The van der Waals surface area contributed by atoms with Crippen molar-refractivity contribution in [1.82, 2.24) is 4.72 Å². The van der Waals surface area contributed by atoms with Crippen LogP contribution in [0, 0.1) is 0 Å². The van der Waals surface area contributed by atoms with Gasteiger partial charge in [-0.05, 0) is 25.1 Å². The number of rotatable bonds is 5. The van der Waals surface area contributed by atoms with E-state index in [1.807, 2.05) is 6.92 Å². The van der Waals surface area contributed by atoms with Crippen molar-refractivity contribution in [1.29, 1.82) is 0 Å². The van der Waals surface area contributed by atoms with Gasteiger partial charge >= 0.3 is 0 Å². The number of nitrogens with one attached hydrogen (secondary N) is 1. The number of hydrogen-bond donors (Lipinski definition) is 1. The zero-order valence-corrected chi connectivity index (χ0v) is 14.7. The van der Waals surface area contributed by atoms with Crippen LogP contribution in [0.4, 0.5) is 0 Å². The van der Waals surface area contributed by atoms with Gasteiger partial charge in [0.15, 0.2) is 0 Å². The smallest absolute Gasteiger partial charge is 0.207 e. The van der Waals surface area contributed by atoms with Crippen molar-refractivity contribution in [3.05, 3.63) is 28.7 Å². The maximum atomic E-state index is 12.1. The molecule has 0 heterocycles. The predicted octanol–water partition coefficient (Wildman–Crippen LogP) is 3.28. The molecule has 7 heteroatoms. The van der Waals surface area contributed by atoms with Gasteiger partial charge in [0.2, 0.25) is 10.0 Å². The first-order valence-corrected chi connectivity index (χ1v) is 9.26. The van der Waals surface area contributed by atoms with E-state index in [4.69, 9.17) is 0 Å². The summed E-state index contributed by atoms with van der Waals surface area (Å²) in [5.41, 5.74) is -0.554. The summed E-state index contributed by atoms with van der Waals surface area (Å²) in [7, 11) is -3.50. The Labute approximate surface area is 127 Å². The standard InChI is InChI=1S/C10H12Br3NO2S/c1-10(6-11,7-12)14-17(15,16)9-4-2-3-8(13)5-9/h2-5,14H,6-7H2,1H3. The highest BCUT2D eigenvalue weighted by Gasteiger charge is 2.28. The summed E-state index contributed by atoms with van der Waals surface area (Å²) in [6.07, 6.45) is 0. The Morgan fingerprint density at radius 2 is 1.88 bits per heavy atom. The van der Waals surface area contributed by atoms with Gasteiger partial charge in [-0.25, -0.2) is 13.1 Å². The number of alkyl halides is 2. The van der Waals surface area contributed by atoms with Crippen molar-refractivity contribution in [3.8, 4) is 0 Å². The summed E-state index contributed by atoms with van der Waals surface area (Å²) in [4.78, 5) is 0.250. The lowest BCUT2D eigenvalue weighted by atomic mass is 10.1. The van der Waals surface area contributed by atoms with Crippen LogP contribution in [0.2, 0.25) is 0 Å². The van der Waals surface area contributed by atoms with Crippen molar-refractivity contribution in [2.24, 2.45) is 0 Å². The van der Waals surface area contributed by atoms with Crippen molar-refractivity contribution < 1.29 is 8.42 Å². The van der Waals surface area contributed by atoms with E-state index in [1.54, 1.807) is 24.3 Å². The molecule has 3 nitrogen and oxygen atoms in total. The molecular formula is C10H12Br3NO2S. The highest BCUT2D eigenvalue weighted by atomic mass is 79.9. The van der Waals surface area contributed by atoms with E-state index >= 15 is 0 Å². The molecule has 0 aliphatic heterocycles. The molecule has 0 aliphatic rings. The van der Waals surface area contributed by atoms with E-state index in [-0.39, 0.29) is 4.90 Å². The average molecular weight is 450 g/mol. The molecule has 1 aromatic carbocycles. The minimum absolute atomic E-state index is 0.250. The minimum Gasteiger partial charge on any atom is -0.207 e. The number of hydrogen-bond acceptors (Lipinski definition) is 2. The Morgan fingerprint density at radius 3 is 2.35 bits per heavy atom. The van der Waals surface area contributed by atoms with Gasteiger partial charge in [0.05, 0.1) is 4.90 Å². The Kier molecular flexibility index (Phi) is 5.65. The molecule has 0 aliphatic carbocycles. The fraction of sp³-hybridized carbons (Fsp3) is 0.400. The predicted molar refractivity (Wildman–Crippen MR) is 80.5 cm³/mol. The monoisotopic (exact) mass is 447 g/mol. The van der Waals surface area contributed by atoms with Crippen LogP contribution in [0.15, 0.2) is 33.6 Å². The normalized spacial score (nSPS) is 12.7.